The number of carbonyl (C=O) groups excluding carboxylic acids is 1. The number of methoxy groups -OCH3 is 1. The highest BCUT2D eigenvalue weighted by Crippen LogP contribution is 2.32. The van der Waals surface area contributed by atoms with Crippen LogP contribution in [0.5, 0.6) is 11.5 Å². The van der Waals surface area contributed by atoms with Crippen LogP contribution in [0.15, 0.2) is 81.1 Å². The molecule has 0 amide bonds. The van der Waals surface area contributed by atoms with Gasteiger partial charge in [0.05, 0.1) is 35.6 Å². The number of nitrogens with zero attached hydrogens (tertiary/aromatic N) is 2. The van der Waals surface area contributed by atoms with Crippen LogP contribution in [0.1, 0.15) is 31.0 Å². The number of thiazole rings is 1. The lowest BCUT2D eigenvalue weighted by Crippen LogP contribution is -2.39. The number of esters is 1. The van der Waals surface area contributed by atoms with Gasteiger partial charge < -0.3 is 14.2 Å². The van der Waals surface area contributed by atoms with Crippen molar-refractivity contribution in [3.8, 4) is 11.5 Å². The van der Waals surface area contributed by atoms with Crippen molar-refractivity contribution in [2.24, 2.45) is 4.99 Å². The summed E-state index contributed by atoms with van der Waals surface area (Å²) < 4.78 is 18.5. The van der Waals surface area contributed by atoms with Gasteiger partial charge in [0.25, 0.3) is 5.56 Å². The third-order valence-corrected chi connectivity index (χ3v) is 7.52. The van der Waals surface area contributed by atoms with Crippen molar-refractivity contribution in [3.05, 3.63) is 97.2 Å². The van der Waals surface area contributed by atoms with Gasteiger partial charge in [-0.05, 0) is 61.6 Å². The zero-order chi connectivity index (χ0) is 26.5. The first-order chi connectivity index (χ1) is 17.9. The van der Waals surface area contributed by atoms with Gasteiger partial charge in [-0.25, -0.2) is 9.79 Å². The summed E-state index contributed by atoms with van der Waals surface area (Å²) in [6.07, 6.45) is 5.45. The lowest BCUT2D eigenvalue weighted by Gasteiger charge is -2.24. The first kappa shape index (κ1) is 26.5. The van der Waals surface area contributed by atoms with E-state index in [2.05, 4.69) is 11.6 Å². The zero-order valence-electron chi connectivity index (χ0n) is 21.1. The molecule has 1 aromatic heterocycles. The molecule has 1 aliphatic rings. The molecule has 37 heavy (non-hydrogen) atoms. The van der Waals surface area contributed by atoms with Gasteiger partial charge in [-0.15, -0.1) is 11.8 Å². The third-order valence-electron chi connectivity index (χ3n) is 5.79. The first-order valence-electron chi connectivity index (χ1n) is 11.7. The van der Waals surface area contributed by atoms with Gasteiger partial charge in [-0.1, -0.05) is 42.2 Å². The molecule has 0 fully saturated rings. The van der Waals surface area contributed by atoms with Crippen LogP contribution < -0.4 is 24.4 Å². The standard InChI is InChI=1S/C28H28N2O5S2/c1-6-14-35-21-13-8-18(15-22(21)33-4)16-23-26(31)30-25(19-9-11-20(36-5)12-10-19)24(27(32)34-7-2)17(3)29-28(30)37-23/h6,8-13,15-16,25H,1,7,14H2,2-5H3. The van der Waals surface area contributed by atoms with Crippen molar-refractivity contribution in [3.63, 3.8) is 0 Å². The monoisotopic (exact) mass is 536 g/mol. The molecule has 1 aliphatic heterocycles. The Hall–Kier alpha value is -3.56. The fourth-order valence-electron chi connectivity index (χ4n) is 4.09. The molecule has 0 bridgehead atoms. The summed E-state index contributed by atoms with van der Waals surface area (Å²) in [6.45, 7) is 7.78. The van der Waals surface area contributed by atoms with Crippen LogP contribution in [0.3, 0.4) is 0 Å². The van der Waals surface area contributed by atoms with Crippen LogP contribution in [-0.4, -0.2) is 37.1 Å². The van der Waals surface area contributed by atoms with E-state index < -0.39 is 12.0 Å². The predicted octanol–water partition coefficient (Wildman–Crippen LogP) is 4.09. The number of carbonyl (C=O) groups is 1. The Balaban J connectivity index is 1.87. The normalized spacial score (nSPS) is 15.1. The lowest BCUT2D eigenvalue weighted by molar-refractivity contribution is -0.139. The molecule has 1 unspecified atom stereocenters. The van der Waals surface area contributed by atoms with E-state index in [1.807, 2.05) is 42.7 Å². The maximum Gasteiger partial charge on any atom is 0.338 e. The maximum atomic E-state index is 13.8. The Labute approximate surface area is 223 Å². The van der Waals surface area contributed by atoms with Gasteiger partial charge in [-0.3, -0.25) is 9.36 Å². The smallest absolute Gasteiger partial charge is 0.338 e. The molecule has 192 valence electrons. The van der Waals surface area contributed by atoms with Gasteiger partial charge in [0.2, 0.25) is 0 Å². The van der Waals surface area contributed by atoms with Crippen molar-refractivity contribution in [2.75, 3.05) is 26.6 Å². The van der Waals surface area contributed by atoms with Crippen molar-refractivity contribution < 1.29 is 19.0 Å². The quantitative estimate of drug-likeness (QED) is 0.233. The van der Waals surface area contributed by atoms with Crippen LogP contribution in [0, 0.1) is 0 Å². The van der Waals surface area contributed by atoms with Gasteiger partial charge in [0.1, 0.15) is 6.61 Å². The van der Waals surface area contributed by atoms with Gasteiger partial charge in [0, 0.05) is 4.90 Å². The van der Waals surface area contributed by atoms with Crippen molar-refractivity contribution in [2.45, 2.75) is 24.8 Å². The fraction of sp³-hybridized carbons (Fsp3) is 0.250. The highest BCUT2D eigenvalue weighted by Gasteiger charge is 2.33. The lowest BCUT2D eigenvalue weighted by atomic mass is 9.96. The first-order valence-corrected chi connectivity index (χ1v) is 13.7. The molecule has 3 aromatic rings. The molecule has 9 heteroatoms. The molecule has 0 spiro atoms. The molecular weight excluding hydrogens is 508 g/mol. The van der Waals surface area contributed by atoms with E-state index in [4.69, 9.17) is 14.2 Å². The second-order valence-electron chi connectivity index (χ2n) is 8.09. The van der Waals surface area contributed by atoms with E-state index in [1.54, 1.807) is 55.5 Å². The summed E-state index contributed by atoms with van der Waals surface area (Å²) in [7, 11) is 1.57. The molecule has 4 rings (SSSR count). The number of ether oxygens (including phenoxy) is 3. The minimum atomic E-state index is -0.641. The number of fused-ring (bicyclic) bond motifs is 1. The van der Waals surface area contributed by atoms with E-state index in [0.717, 1.165) is 16.0 Å². The number of allylic oxidation sites excluding steroid dienone is 1. The number of hydrogen-bond donors (Lipinski definition) is 0. The van der Waals surface area contributed by atoms with Crippen LogP contribution >= 0.6 is 23.1 Å². The average Bonchev–Trinajstić information content (AvgIpc) is 3.21. The number of rotatable bonds is 9. The van der Waals surface area contributed by atoms with E-state index in [9.17, 15) is 9.59 Å². The van der Waals surface area contributed by atoms with E-state index in [-0.39, 0.29) is 12.2 Å². The van der Waals surface area contributed by atoms with Crippen LogP contribution in [0.4, 0.5) is 0 Å². The van der Waals surface area contributed by atoms with E-state index >= 15 is 0 Å². The van der Waals surface area contributed by atoms with Crippen LogP contribution in [0.2, 0.25) is 0 Å². The zero-order valence-corrected chi connectivity index (χ0v) is 22.8. The predicted molar refractivity (Wildman–Crippen MR) is 147 cm³/mol. The number of thioether (sulfide) groups is 1. The summed E-state index contributed by atoms with van der Waals surface area (Å²) in [5.74, 6) is 0.664. The van der Waals surface area contributed by atoms with Crippen molar-refractivity contribution in [1.82, 2.24) is 4.57 Å². The molecule has 0 radical (unpaired) electrons. The Morgan fingerprint density at radius 3 is 2.62 bits per heavy atom. The minimum Gasteiger partial charge on any atom is -0.493 e. The number of hydrogen-bond acceptors (Lipinski definition) is 8. The SMILES string of the molecule is C=CCOc1ccc(C=c2sc3n(c2=O)C(c2ccc(SC)cc2)C(C(=O)OCC)=C(C)N=3)cc1OC. The molecule has 0 saturated heterocycles. The van der Waals surface area contributed by atoms with Gasteiger partial charge >= 0.3 is 5.97 Å². The van der Waals surface area contributed by atoms with E-state index in [0.29, 0.717) is 38.7 Å². The van der Waals surface area contributed by atoms with Crippen LogP contribution in [0.25, 0.3) is 6.08 Å². The Kier molecular flexibility index (Phi) is 8.35. The average molecular weight is 537 g/mol. The van der Waals surface area contributed by atoms with Gasteiger partial charge in [0.15, 0.2) is 16.3 Å². The Bertz CT molecular complexity index is 1530. The molecule has 2 aromatic carbocycles. The molecule has 2 heterocycles. The molecule has 0 N–H and O–H groups in total. The summed E-state index contributed by atoms with van der Waals surface area (Å²) in [5, 5.41) is 0. The summed E-state index contributed by atoms with van der Waals surface area (Å²) >= 11 is 2.90. The summed E-state index contributed by atoms with van der Waals surface area (Å²) in [4.78, 5) is 33.0. The maximum absolute atomic E-state index is 13.8. The number of benzene rings is 2. The van der Waals surface area contributed by atoms with Crippen molar-refractivity contribution >= 4 is 35.1 Å². The number of aromatic nitrogens is 1. The summed E-state index contributed by atoms with van der Waals surface area (Å²) in [5.41, 5.74) is 2.25. The molecule has 0 aliphatic carbocycles. The highest BCUT2D eigenvalue weighted by molar-refractivity contribution is 7.98. The Morgan fingerprint density at radius 1 is 1.22 bits per heavy atom. The fourth-order valence-corrected chi connectivity index (χ4v) is 5.54. The second kappa shape index (κ2) is 11.7. The topological polar surface area (TPSA) is 79.1 Å². The Morgan fingerprint density at radius 2 is 1.97 bits per heavy atom. The molecular formula is C28H28N2O5S2. The third kappa shape index (κ3) is 5.42. The van der Waals surface area contributed by atoms with Crippen molar-refractivity contribution in [1.29, 1.82) is 0 Å². The molecule has 7 nitrogen and oxygen atoms in total. The van der Waals surface area contributed by atoms with Gasteiger partial charge in [-0.2, -0.15) is 0 Å². The van der Waals surface area contributed by atoms with E-state index in [1.165, 1.54) is 11.3 Å². The van der Waals surface area contributed by atoms with Crippen LogP contribution in [-0.2, 0) is 9.53 Å². The highest BCUT2D eigenvalue weighted by atomic mass is 32.2. The second-order valence-corrected chi connectivity index (χ2v) is 9.97. The largest absolute Gasteiger partial charge is 0.493 e. The summed E-state index contributed by atoms with van der Waals surface area (Å²) in [6, 6.07) is 12.7. The minimum absolute atomic E-state index is 0.229. The molecule has 1 atom stereocenters. The molecule has 0 saturated carbocycles.